The second kappa shape index (κ2) is 14.1. The molecule has 0 spiro atoms. The lowest BCUT2D eigenvalue weighted by Gasteiger charge is -2.52. The number of carbonyl (C=O) groups is 6. The first-order valence-corrected chi connectivity index (χ1v) is 18.7. The van der Waals surface area contributed by atoms with Gasteiger partial charge in [-0.1, -0.05) is 5.16 Å². The van der Waals surface area contributed by atoms with Crippen molar-refractivity contribution < 1.29 is 58.5 Å². The Labute approximate surface area is 311 Å². The maximum Gasteiger partial charge on any atom is 0.352 e. The Morgan fingerprint density at radius 2 is 1.79 bits per heavy atom. The molecule has 0 aliphatic carbocycles. The SMILES string of the molecule is C[C@@H]1S[C@@H]2[C@H](CC(=O)/C(=N\OC(C)(C)C(=O)O)c3csc(N)n3)C(=O)N2C(C(=O)O)=C1C[N+]12CCC(CC1)N(C(=O)C(=O)c1ccc(O)c(O)c1)CC2. The average molecular weight is 772 g/mol. The van der Waals surface area contributed by atoms with Gasteiger partial charge in [0.15, 0.2) is 28.1 Å². The van der Waals surface area contributed by atoms with Gasteiger partial charge in [0.1, 0.15) is 17.9 Å². The van der Waals surface area contributed by atoms with Crippen LogP contribution in [-0.4, -0.2) is 136 Å². The van der Waals surface area contributed by atoms with E-state index in [0.29, 0.717) is 49.1 Å². The van der Waals surface area contributed by atoms with Crippen molar-refractivity contribution >= 4 is 69.3 Å². The number of aliphatic carboxylic acids is 2. The fourth-order valence-electron chi connectivity index (χ4n) is 7.24. The van der Waals surface area contributed by atoms with Gasteiger partial charge in [-0.3, -0.25) is 24.1 Å². The van der Waals surface area contributed by atoms with Crippen molar-refractivity contribution in [2.45, 2.75) is 62.3 Å². The van der Waals surface area contributed by atoms with E-state index in [4.69, 9.17) is 10.6 Å². The van der Waals surface area contributed by atoms with E-state index >= 15 is 0 Å². The van der Waals surface area contributed by atoms with Crippen LogP contribution in [0, 0.1) is 5.92 Å². The van der Waals surface area contributed by atoms with E-state index in [9.17, 15) is 49.2 Å². The van der Waals surface area contributed by atoms with Crippen molar-refractivity contribution in [2.75, 3.05) is 38.5 Å². The lowest BCUT2D eigenvalue weighted by molar-refractivity contribution is -0.925. The highest BCUT2D eigenvalue weighted by Crippen LogP contribution is 2.49. The first-order chi connectivity index (χ1) is 24.9. The maximum absolute atomic E-state index is 13.7. The number of rotatable bonds is 12. The van der Waals surface area contributed by atoms with Gasteiger partial charge in [0.2, 0.25) is 11.5 Å². The van der Waals surface area contributed by atoms with Crippen molar-refractivity contribution in [3.8, 4) is 11.5 Å². The fourth-order valence-corrected chi connectivity index (χ4v) is 9.29. The van der Waals surface area contributed by atoms with Gasteiger partial charge in [-0.25, -0.2) is 14.6 Å². The summed E-state index contributed by atoms with van der Waals surface area (Å²) in [4.78, 5) is 90.3. The van der Waals surface area contributed by atoms with Crippen LogP contribution in [0.2, 0.25) is 0 Å². The van der Waals surface area contributed by atoms with Crippen LogP contribution in [0.15, 0.2) is 40.0 Å². The fraction of sp³-hybridized carbons (Fsp3) is 0.471. The summed E-state index contributed by atoms with van der Waals surface area (Å²) in [7, 11) is 0. The van der Waals surface area contributed by atoms with E-state index in [-0.39, 0.29) is 52.1 Å². The van der Waals surface area contributed by atoms with E-state index in [2.05, 4.69) is 10.1 Å². The number of hydrogen-bond donors (Lipinski definition) is 5. The van der Waals surface area contributed by atoms with Crippen molar-refractivity contribution in [3.63, 3.8) is 0 Å². The maximum atomic E-state index is 13.7. The Hall–Kier alpha value is -5.01. The minimum atomic E-state index is -1.78. The van der Waals surface area contributed by atoms with Crippen LogP contribution in [-0.2, 0) is 28.8 Å². The molecule has 5 aliphatic heterocycles. The van der Waals surface area contributed by atoms with Crippen LogP contribution < -0.4 is 5.73 Å². The average Bonchev–Trinajstić information content (AvgIpc) is 3.35. The highest BCUT2D eigenvalue weighted by molar-refractivity contribution is 8.00. The van der Waals surface area contributed by atoms with Crippen LogP contribution in [0.1, 0.15) is 56.1 Å². The molecular formula is C34H39N6O11S2+. The van der Waals surface area contributed by atoms with Crippen LogP contribution >= 0.6 is 23.1 Å². The van der Waals surface area contributed by atoms with Crippen LogP contribution in [0.4, 0.5) is 5.13 Å². The molecule has 2 amide bonds. The number of carboxylic acids is 2. The summed E-state index contributed by atoms with van der Waals surface area (Å²) >= 11 is 2.40. The van der Waals surface area contributed by atoms with Gasteiger partial charge in [0, 0.05) is 47.1 Å². The second-order valence-corrected chi connectivity index (χ2v) is 16.5. The quantitative estimate of drug-likeness (QED) is 0.0392. The molecule has 2 bridgehead atoms. The highest BCUT2D eigenvalue weighted by Gasteiger charge is 2.57. The number of quaternary nitrogens is 1. The molecule has 282 valence electrons. The number of ketones is 2. The molecule has 1 aromatic heterocycles. The molecule has 6 N–H and O–H groups in total. The van der Waals surface area contributed by atoms with Crippen LogP contribution in [0.3, 0.4) is 0 Å². The summed E-state index contributed by atoms with van der Waals surface area (Å²) in [5.74, 6) is -7.13. The van der Waals surface area contributed by atoms with Gasteiger partial charge in [-0.2, -0.15) is 0 Å². The Bertz CT molecular complexity index is 1970. The van der Waals surface area contributed by atoms with Gasteiger partial charge in [-0.15, -0.1) is 23.1 Å². The Morgan fingerprint density at radius 1 is 1.09 bits per heavy atom. The highest BCUT2D eigenvalue weighted by atomic mass is 32.2. The van der Waals surface area contributed by atoms with Gasteiger partial charge in [0.05, 0.1) is 37.5 Å². The molecule has 17 nitrogen and oxygen atoms in total. The molecule has 4 fully saturated rings. The molecule has 0 radical (unpaired) electrons. The number of carbonyl (C=O) groups excluding carboxylic acids is 4. The first-order valence-electron chi connectivity index (χ1n) is 16.8. The molecule has 0 saturated carbocycles. The van der Waals surface area contributed by atoms with Crippen molar-refractivity contribution in [1.82, 2.24) is 14.8 Å². The van der Waals surface area contributed by atoms with Gasteiger partial charge >= 0.3 is 11.9 Å². The molecule has 5 aliphatic rings. The van der Waals surface area contributed by atoms with Gasteiger partial charge in [-0.05, 0) is 39.0 Å². The number of thioether (sulfide) groups is 1. The second-order valence-electron chi connectivity index (χ2n) is 14.1. The standard InChI is InChI=1S/C34H38N6O11S2/c1-16-20(14-40-9-6-18(7-10-40)38(8-11-40)29(46)27(44)17-4-5-22(41)23(42)12-17)26(31(47)48)39-28(45)19(30(39)53-16)13-24(43)25(21-15-52-33(35)36-21)37-51-34(2,3)32(49)50/h4-5,12,15-16,18-19,30H,6-11,13-14H2,1-3H3,(H5-,35,36,37,41,42,43,44,46,47,48,49,50)/p+1/t16-,18?,19+,30+,40?/m0/s1. The number of fused-ring (bicyclic) bond motifs is 5. The van der Waals surface area contributed by atoms with E-state index in [1.54, 1.807) is 4.90 Å². The topological polar surface area (TPSA) is 250 Å². The van der Waals surface area contributed by atoms with Crippen LogP contribution in [0.25, 0.3) is 0 Å². The summed E-state index contributed by atoms with van der Waals surface area (Å²) in [6, 6.07) is 3.27. The summed E-state index contributed by atoms with van der Waals surface area (Å²) in [5, 5.41) is 43.8. The van der Waals surface area contributed by atoms with Gasteiger partial charge in [0.25, 0.3) is 11.7 Å². The molecule has 19 heteroatoms. The molecule has 6 heterocycles. The van der Waals surface area contributed by atoms with Crippen molar-refractivity contribution in [3.05, 3.63) is 46.1 Å². The number of nitrogen functional groups attached to an aromatic ring is 1. The Balaban J connectivity index is 1.19. The molecular weight excluding hydrogens is 733 g/mol. The number of thiazole rings is 1. The number of aromatic nitrogens is 1. The first kappa shape index (κ1) is 37.7. The zero-order valence-corrected chi connectivity index (χ0v) is 30.7. The largest absolute Gasteiger partial charge is 0.504 e. The molecule has 7 rings (SSSR count). The van der Waals surface area contributed by atoms with Crippen molar-refractivity contribution in [2.24, 2.45) is 11.1 Å². The molecule has 4 saturated heterocycles. The minimum Gasteiger partial charge on any atom is -0.504 e. The Kier molecular flexibility index (Phi) is 10.0. The third-order valence-electron chi connectivity index (χ3n) is 10.4. The number of Topliss-reactive ketones (excluding diaryl/α,β-unsaturated/α-hetero) is 2. The van der Waals surface area contributed by atoms with Gasteiger partial charge < -0.3 is 40.4 Å². The molecule has 3 atom stereocenters. The number of piperidine rings is 1. The summed E-state index contributed by atoms with van der Waals surface area (Å²) in [5.41, 5.74) is 4.13. The third kappa shape index (κ3) is 7.07. The molecule has 0 unspecified atom stereocenters. The molecule has 2 aromatic rings. The summed E-state index contributed by atoms with van der Waals surface area (Å²) < 4.78 is 0.462. The number of aromatic hydroxyl groups is 2. The molecule has 1 aromatic carbocycles. The van der Waals surface area contributed by atoms with E-state index in [1.165, 1.54) is 42.0 Å². The number of oxime groups is 1. The number of amides is 2. The predicted octanol–water partition coefficient (Wildman–Crippen LogP) is 1.64. The zero-order chi connectivity index (χ0) is 38.6. The minimum absolute atomic E-state index is 0.0433. The number of phenolic OH excluding ortho intramolecular Hbond substituents is 2. The Morgan fingerprint density at radius 3 is 2.40 bits per heavy atom. The predicted molar refractivity (Wildman–Crippen MR) is 190 cm³/mol. The number of anilines is 1. The number of β-lactam (4-membered cyclic amide) rings is 1. The number of nitrogens with two attached hydrogens (primary N) is 1. The smallest absolute Gasteiger partial charge is 0.352 e. The summed E-state index contributed by atoms with van der Waals surface area (Å²) in [6.07, 6.45) is 0.797. The number of benzene rings is 1. The van der Waals surface area contributed by atoms with Crippen molar-refractivity contribution in [1.29, 1.82) is 0 Å². The number of nitrogens with zero attached hydrogens (tertiary/aromatic N) is 5. The van der Waals surface area contributed by atoms with E-state index < -0.39 is 63.7 Å². The van der Waals surface area contributed by atoms with Crippen LogP contribution in [0.5, 0.6) is 11.5 Å². The third-order valence-corrected chi connectivity index (χ3v) is 12.6. The lowest BCUT2D eigenvalue weighted by atomic mass is 9.88. The zero-order valence-electron chi connectivity index (χ0n) is 29.1. The number of hydrogen-bond acceptors (Lipinski definition) is 14. The number of phenols is 2. The lowest BCUT2D eigenvalue weighted by Crippen LogP contribution is -2.64. The normalized spacial score (nSPS) is 25.7. The number of carboxylic acid groups (broad SMARTS) is 2. The molecule has 53 heavy (non-hydrogen) atoms. The summed E-state index contributed by atoms with van der Waals surface area (Å²) in [6.45, 7) is 6.61. The van der Waals surface area contributed by atoms with E-state index in [0.717, 1.165) is 23.5 Å². The van der Waals surface area contributed by atoms with E-state index in [1.807, 2.05) is 6.92 Å². The monoisotopic (exact) mass is 771 g/mol.